The molecule has 0 aliphatic carbocycles. The molecule has 1 fully saturated rings. The molecule has 32 heavy (non-hydrogen) atoms. The van der Waals surface area contributed by atoms with Crippen LogP contribution in [-0.2, 0) is 14.3 Å². The van der Waals surface area contributed by atoms with Crippen molar-refractivity contribution in [1.29, 1.82) is 0 Å². The molecular weight excluding hydrogens is 428 g/mol. The number of carbonyl (C=O) groups is 4. The Morgan fingerprint density at radius 3 is 2.38 bits per heavy atom. The smallest absolute Gasteiger partial charge is 0.341 e. The van der Waals surface area contributed by atoms with Crippen LogP contribution in [0.5, 0.6) is 0 Å². The minimum atomic E-state index is -0.721. The minimum Gasteiger partial charge on any atom is -0.454 e. The van der Waals surface area contributed by atoms with E-state index in [-0.39, 0.29) is 34.6 Å². The predicted molar refractivity (Wildman–Crippen MR) is 118 cm³/mol. The SMILES string of the molecule is O=C(COC(=O)c1cccnc1SC1CC(=O)N(c2ccccc2)C1=O)c1ccccc1. The zero-order valence-corrected chi connectivity index (χ0v) is 17.7. The number of para-hydroxylation sites is 1. The predicted octanol–water partition coefficient (Wildman–Crippen LogP) is 3.55. The van der Waals surface area contributed by atoms with Crippen molar-refractivity contribution in [2.24, 2.45) is 0 Å². The van der Waals surface area contributed by atoms with Crippen molar-refractivity contribution in [2.45, 2.75) is 16.7 Å². The number of nitrogens with zero attached hydrogens (tertiary/aromatic N) is 2. The quantitative estimate of drug-likeness (QED) is 0.311. The molecule has 0 N–H and O–H groups in total. The van der Waals surface area contributed by atoms with Crippen LogP contribution in [0.15, 0.2) is 84.0 Å². The molecule has 1 atom stereocenters. The number of aromatic nitrogens is 1. The van der Waals surface area contributed by atoms with Crippen molar-refractivity contribution in [1.82, 2.24) is 4.98 Å². The number of hydrogen-bond acceptors (Lipinski definition) is 7. The lowest BCUT2D eigenvalue weighted by molar-refractivity contribution is -0.121. The fourth-order valence-corrected chi connectivity index (χ4v) is 4.34. The first-order valence-electron chi connectivity index (χ1n) is 9.83. The number of rotatable bonds is 7. The summed E-state index contributed by atoms with van der Waals surface area (Å²) >= 11 is 1.04. The highest BCUT2D eigenvalue weighted by molar-refractivity contribution is 8.00. The maximum absolute atomic E-state index is 12.9. The number of pyridine rings is 1. The van der Waals surface area contributed by atoms with E-state index >= 15 is 0 Å². The second-order valence-corrected chi connectivity index (χ2v) is 8.13. The van der Waals surface area contributed by atoms with Crippen LogP contribution in [0.2, 0.25) is 0 Å². The first kappa shape index (κ1) is 21.5. The van der Waals surface area contributed by atoms with Crippen LogP contribution in [0, 0.1) is 0 Å². The molecule has 1 aliphatic rings. The fraction of sp³-hybridized carbons (Fsp3) is 0.125. The average molecular weight is 446 g/mol. The standard InChI is InChI=1S/C24H18N2O5S/c27-19(16-8-3-1-4-9-16)15-31-24(30)18-12-7-13-25-22(18)32-20-14-21(28)26(23(20)29)17-10-5-2-6-11-17/h1-13,20H,14-15H2. The molecule has 2 amide bonds. The first-order chi connectivity index (χ1) is 15.5. The van der Waals surface area contributed by atoms with E-state index in [9.17, 15) is 19.2 Å². The summed E-state index contributed by atoms with van der Waals surface area (Å²) in [5, 5.41) is -0.444. The highest BCUT2D eigenvalue weighted by atomic mass is 32.2. The van der Waals surface area contributed by atoms with Gasteiger partial charge in [0, 0.05) is 18.2 Å². The molecule has 0 radical (unpaired) electrons. The Labute approximate surface area is 188 Å². The number of ketones is 1. The van der Waals surface area contributed by atoms with E-state index in [1.165, 1.54) is 12.3 Å². The normalized spacial score (nSPS) is 15.6. The second-order valence-electron chi connectivity index (χ2n) is 6.94. The van der Waals surface area contributed by atoms with Gasteiger partial charge in [-0.15, -0.1) is 0 Å². The lowest BCUT2D eigenvalue weighted by atomic mass is 10.1. The Kier molecular flexibility index (Phi) is 6.42. The van der Waals surface area contributed by atoms with Gasteiger partial charge in [0.05, 0.1) is 16.5 Å². The third-order valence-electron chi connectivity index (χ3n) is 4.79. The molecule has 1 aromatic heterocycles. The summed E-state index contributed by atoms with van der Waals surface area (Å²) in [5.41, 5.74) is 1.08. The van der Waals surface area contributed by atoms with E-state index < -0.39 is 17.8 Å². The van der Waals surface area contributed by atoms with Crippen molar-refractivity contribution < 1.29 is 23.9 Å². The molecule has 4 rings (SSSR count). The minimum absolute atomic E-state index is 0.00402. The largest absolute Gasteiger partial charge is 0.454 e. The van der Waals surface area contributed by atoms with Crippen LogP contribution in [0.1, 0.15) is 27.1 Å². The summed E-state index contributed by atoms with van der Waals surface area (Å²) in [5.74, 6) is -1.73. The molecule has 7 nitrogen and oxygen atoms in total. The topological polar surface area (TPSA) is 93.6 Å². The fourth-order valence-electron chi connectivity index (χ4n) is 3.24. The van der Waals surface area contributed by atoms with Gasteiger partial charge in [-0.05, 0) is 24.3 Å². The van der Waals surface area contributed by atoms with Gasteiger partial charge in [0.1, 0.15) is 5.03 Å². The van der Waals surface area contributed by atoms with Crippen LogP contribution in [0.4, 0.5) is 5.69 Å². The summed E-state index contributed by atoms with van der Waals surface area (Å²) in [6.45, 7) is -0.412. The van der Waals surface area contributed by atoms with E-state index in [2.05, 4.69) is 4.98 Å². The zero-order chi connectivity index (χ0) is 22.5. The highest BCUT2D eigenvalue weighted by Crippen LogP contribution is 2.34. The van der Waals surface area contributed by atoms with Crippen LogP contribution >= 0.6 is 11.8 Å². The number of amides is 2. The maximum Gasteiger partial charge on any atom is 0.341 e. The number of imide groups is 1. The summed E-state index contributed by atoms with van der Waals surface area (Å²) in [6.07, 6.45) is 1.49. The van der Waals surface area contributed by atoms with Gasteiger partial charge in [0.2, 0.25) is 11.8 Å². The van der Waals surface area contributed by atoms with E-state index in [1.54, 1.807) is 66.7 Å². The average Bonchev–Trinajstić information content (AvgIpc) is 3.11. The number of ether oxygens (including phenoxy) is 1. The molecule has 0 saturated carbocycles. The van der Waals surface area contributed by atoms with E-state index in [0.717, 1.165) is 16.7 Å². The van der Waals surface area contributed by atoms with Crippen molar-refractivity contribution in [3.63, 3.8) is 0 Å². The Hall–Kier alpha value is -3.78. The van der Waals surface area contributed by atoms with Gasteiger partial charge in [-0.2, -0.15) is 0 Å². The second kappa shape index (κ2) is 9.57. The Balaban J connectivity index is 1.45. The van der Waals surface area contributed by atoms with Crippen molar-refractivity contribution in [3.05, 3.63) is 90.1 Å². The number of anilines is 1. The number of esters is 1. The lowest BCUT2D eigenvalue weighted by Gasteiger charge is -2.15. The molecule has 8 heteroatoms. The van der Waals surface area contributed by atoms with Crippen LogP contribution < -0.4 is 4.90 Å². The molecule has 1 aliphatic heterocycles. The van der Waals surface area contributed by atoms with Gasteiger partial charge in [0.15, 0.2) is 12.4 Å². The van der Waals surface area contributed by atoms with Gasteiger partial charge in [-0.25, -0.2) is 14.7 Å². The summed E-state index contributed by atoms with van der Waals surface area (Å²) < 4.78 is 5.18. The molecule has 1 unspecified atom stereocenters. The summed E-state index contributed by atoms with van der Waals surface area (Å²) in [6, 6.07) is 20.3. The molecule has 0 bridgehead atoms. The van der Waals surface area contributed by atoms with Crippen LogP contribution in [0.25, 0.3) is 0 Å². The molecule has 3 aromatic rings. The zero-order valence-electron chi connectivity index (χ0n) is 16.8. The highest BCUT2D eigenvalue weighted by Gasteiger charge is 2.40. The van der Waals surface area contributed by atoms with E-state index in [4.69, 9.17) is 4.74 Å². The molecule has 160 valence electrons. The van der Waals surface area contributed by atoms with Crippen LogP contribution in [-0.4, -0.2) is 40.4 Å². The third-order valence-corrected chi connectivity index (χ3v) is 6.00. The summed E-state index contributed by atoms with van der Waals surface area (Å²) in [4.78, 5) is 55.5. The van der Waals surface area contributed by atoms with Gasteiger partial charge in [-0.1, -0.05) is 60.3 Å². The first-order valence-corrected chi connectivity index (χ1v) is 10.7. The van der Waals surface area contributed by atoms with Crippen LogP contribution in [0.3, 0.4) is 0 Å². The van der Waals surface area contributed by atoms with Gasteiger partial charge in [-0.3, -0.25) is 14.4 Å². The number of carbonyl (C=O) groups excluding carboxylic acids is 4. The number of benzene rings is 2. The molecule has 2 heterocycles. The molecule has 1 saturated heterocycles. The third kappa shape index (κ3) is 4.60. The van der Waals surface area contributed by atoms with Crippen molar-refractivity contribution >= 4 is 41.0 Å². The van der Waals surface area contributed by atoms with E-state index in [0.29, 0.717) is 11.3 Å². The van der Waals surface area contributed by atoms with Gasteiger partial charge in [0.25, 0.3) is 0 Å². The summed E-state index contributed by atoms with van der Waals surface area (Å²) in [7, 11) is 0. The Bertz CT molecular complexity index is 1170. The molecule has 0 spiro atoms. The van der Waals surface area contributed by atoms with Crippen molar-refractivity contribution in [3.8, 4) is 0 Å². The molecular formula is C24H18N2O5S. The van der Waals surface area contributed by atoms with Gasteiger partial charge >= 0.3 is 5.97 Å². The maximum atomic E-state index is 12.9. The number of Topliss-reactive ketones (excluding diaryl/α,β-unsaturated/α-hetero) is 1. The van der Waals surface area contributed by atoms with Crippen molar-refractivity contribution in [2.75, 3.05) is 11.5 Å². The Morgan fingerprint density at radius 1 is 0.969 bits per heavy atom. The number of thioether (sulfide) groups is 1. The number of hydrogen-bond donors (Lipinski definition) is 0. The lowest BCUT2D eigenvalue weighted by Crippen LogP contribution is -2.31. The Morgan fingerprint density at radius 2 is 1.66 bits per heavy atom. The monoisotopic (exact) mass is 446 g/mol. The van der Waals surface area contributed by atoms with E-state index in [1.807, 2.05) is 0 Å². The molecule has 2 aromatic carbocycles. The van der Waals surface area contributed by atoms with Gasteiger partial charge < -0.3 is 4.74 Å².